The highest BCUT2D eigenvalue weighted by Crippen LogP contribution is 2.11. The molecule has 0 radical (unpaired) electrons. The number of aryl methyl sites for hydroxylation is 2. The van der Waals surface area contributed by atoms with Crippen molar-refractivity contribution < 1.29 is 4.79 Å². The number of halogens is 1. The zero-order valence-corrected chi connectivity index (χ0v) is 10.5. The summed E-state index contributed by atoms with van der Waals surface area (Å²) in [6.07, 6.45) is 4.17. The summed E-state index contributed by atoms with van der Waals surface area (Å²) >= 11 is 5.88. The quantitative estimate of drug-likeness (QED) is 0.779. The maximum atomic E-state index is 11.2. The lowest BCUT2D eigenvalue weighted by Crippen LogP contribution is -2.24. The van der Waals surface area contributed by atoms with Gasteiger partial charge in [-0.25, -0.2) is 0 Å². The molecule has 1 N–H and O–H groups in total. The second kappa shape index (κ2) is 6.53. The van der Waals surface area contributed by atoms with Gasteiger partial charge < -0.3 is 5.32 Å². The number of nitrogens with one attached hydrogen (secondary N) is 1. The Labute approximate surface area is 101 Å². The molecule has 0 unspecified atom stereocenters. The molecule has 1 rings (SSSR count). The van der Waals surface area contributed by atoms with Crippen molar-refractivity contribution in [1.82, 2.24) is 15.1 Å². The van der Waals surface area contributed by atoms with Crippen molar-refractivity contribution in [2.24, 2.45) is 0 Å². The first-order valence-electron chi connectivity index (χ1n) is 5.59. The molecule has 4 nitrogen and oxygen atoms in total. The van der Waals surface area contributed by atoms with Gasteiger partial charge >= 0.3 is 0 Å². The van der Waals surface area contributed by atoms with Crippen LogP contribution in [0.4, 0.5) is 0 Å². The van der Waals surface area contributed by atoms with Crippen LogP contribution in [0.25, 0.3) is 0 Å². The van der Waals surface area contributed by atoms with E-state index in [-0.39, 0.29) is 5.91 Å². The van der Waals surface area contributed by atoms with E-state index in [4.69, 9.17) is 11.6 Å². The molecule has 16 heavy (non-hydrogen) atoms. The van der Waals surface area contributed by atoms with Crippen LogP contribution in [-0.4, -0.2) is 22.2 Å². The molecule has 0 spiro atoms. The average Bonchev–Trinajstić information content (AvgIpc) is 2.54. The predicted octanol–water partition coefficient (Wildman–Crippen LogP) is 2.15. The Bertz CT molecular complexity index is 329. The van der Waals surface area contributed by atoms with Crippen LogP contribution >= 0.6 is 11.6 Å². The fourth-order valence-corrected chi connectivity index (χ4v) is 1.54. The van der Waals surface area contributed by atoms with E-state index >= 15 is 0 Å². The third-order valence-electron chi connectivity index (χ3n) is 2.25. The van der Waals surface area contributed by atoms with E-state index in [2.05, 4.69) is 10.4 Å². The monoisotopic (exact) mass is 243 g/mol. The van der Waals surface area contributed by atoms with Gasteiger partial charge in [-0.15, -0.1) is 0 Å². The van der Waals surface area contributed by atoms with Crippen LogP contribution in [0.3, 0.4) is 0 Å². The Morgan fingerprint density at radius 3 is 2.94 bits per heavy atom. The van der Waals surface area contributed by atoms with E-state index in [0.29, 0.717) is 18.0 Å². The van der Waals surface area contributed by atoms with E-state index in [1.54, 1.807) is 0 Å². The molecule has 1 aromatic heterocycles. The van der Waals surface area contributed by atoms with Crippen molar-refractivity contribution in [3.05, 3.63) is 16.9 Å². The molecule has 0 aliphatic carbocycles. The molecule has 1 amide bonds. The van der Waals surface area contributed by atoms with E-state index in [1.807, 2.05) is 24.7 Å². The van der Waals surface area contributed by atoms with Gasteiger partial charge in [0.05, 0.1) is 10.7 Å². The summed E-state index contributed by atoms with van der Waals surface area (Å²) in [4.78, 5) is 11.2. The fourth-order valence-electron chi connectivity index (χ4n) is 1.39. The predicted molar refractivity (Wildman–Crippen MR) is 64.5 cm³/mol. The molecule has 0 fully saturated rings. The highest BCUT2D eigenvalue weighted by molar-refractivity contribution is 6.31. The lowest BCUT2D eigenvalue weighted by molar-refractivity contribution is -0.121. The SMILES string of the molecule is CCCC(=O)NCCCn1cc(Cl)c(C)n1. The molecule has 0 atom stereocenters. The number of aromatic nitrogens is 2. The maximum Gasteiger partial charge on any atom is 0.219 e. The number of hydrogen-bond acceptors (Lipinski definition) is 2. The van der Waals surface area contributed by atoms with Crippen LogP contribution < -0.4 is 5.32 Å². The van der Waals surface area contributed by atoms with Crippen molar-refractivity contribution in [3.63, 3.8) is 0 Å². The Kier molecular flexibility index (Phi) is 5.32. The molecule has 0 bridgehead atoms. The summed E-state index contributed by atoms with van der Waals surface area (Å²) in [5, 5.41) is 7.79. The standard InChI is InChI=1S/C11H18ClN3O/c1-3-5-11(16)13-6-4-7-15-8-10(12)9(2)14-15/h8H,3-7H2,1-2H3,(H,13,16). The first-order chi connectivity index (χ1) is 7.63. The van der Waals surface area contributed by atoms with Crippen LogP contribution in [0.5, 0.6) is 0 Å². The average molecular weight is 244 g/mol. The highest BCUT2D eigenvalue weighted by atomic mass is 35.5. The highest BCUT2D eigenvalue weighted by Gasteiger charge is 2.02. The Morgan fingerprint density at radius 2 is 2.38 bits per heavy atom. The first kappa shape index (κ1) is 13.0. The van der Waals surface area contributed by atoms with Gasteiger partial charge in [-0.3, -0.25) is 9.48 Å². The van der Waals surface area contributed by atoms with Crippen LogP contribution in [0.1, 0.15) is 31.9 Å². The Morgan fingerprint density at radius 1 is 1.62 bits per heavy atom. The van der Waals surface area contributed by atoms with Crippen molar-refractivity contribution in [2.75, 3.05) is 6.54 Å². The van der Waals surface area contributed by atoms with E-state index < -0.39 is 0 Å². The zero-order chi connectivity index (χ0) is 12.0. The minimum absolute atomic E-state index is 0.122. The first-order valence-corrected chi connectivity index (χ1v) is 5.97. The number of hydrogen-bond donors (Lipinski definition) is 1. The molecular formula is C11H18ClN3O. The van der Waals surface area contributed by atoms with Crippen LogP contribution in [0.15, 0.2) is 6.20 Å². The molecule has 90 valence electrons. The number of amides is 1. The van der Waals surface area contributed by atoms with Gasteiger partial charge in [-0.05, 0) is 19.8 Å². The van der Waals surface area contributed by atoms with Gasteiger partial charge in [0, 0.05) is 25.7 Å². The van der Waals surface area contributed by atoms with Gasteiger partial charge in [0.15, 0.2) is 0 Å². The summed E-state index contributed by atoms with van der Waals surface area (Å²) in [7, 11) is 0. The third kappa shape index (κ3) is 4.23. The van der Waals surface area contributed by atoms with Gasteiger partial charge in [0.25, 0.3) is 0 Å². The van der Waals surface area contributed by atoms with Crippen LogP contribution in [-0.2, 0) is 11.3 Å². The molecule has 1 aromatic rings. The van der Waals surface area contributed by atoms with E-state index in [9.17, 15) is 4.79 Å². The molecule has 0 aliphatic heterocycles. The maximum absolute atomic E-state index is 11.2. The van der Waals surface area contributed by atoms with E-state index in [0.717, 1.165) is 25.1 Å². The van der Waals surface area contributed by atoms with E-state index in [1.165, 1.54) is 0 Å². The minimum atomic E-state index is 0.122. The van der Waals surface area contributed by atoms with Crippen LogP contribution in [0.2, 0.25) is 5.02 Å². The number of rotatable bonds is 6. The third-order valence-corrected chi connectivity index (χ3v) is 2.62. The second-order valence-corrected chi connectivity index (χ2v) is 4.19. The topological polar surface area (TPSA) is 46.9 Å². The summed E-state index contributed by atoms with van der Waals surface area (Å²) in [5.74, 6) is 0.122. The summed E-state index contributed by atoms with van der Waals surface area (Å²) in [5.41, 5.74) is 0.844. The minimum Gasteiger partial charge on any atom is -0.356 e. The lowest BCUT2D eigenvalue weighted by Gasteiger charge is -2.04. The molecule has 0 saturated carbocycles. The van der Waals surface area contributed by atoms with Crippen molar-refractivity contribution in [2.45, 2.75) is 39.7 Å². The van der Waals surface area contributed by atoms with Crippen molar-refractivity contribution in [1.29, 1.82) is 0 Å². The van der Waals surface area contributed by atoms with Gasteiger partial charge in [0.1, 0.15) is 0 Å². The normalized spacial score (nSPS) is 10.4. The molecule has 0 aliphatic rings. The number of nitrogens with zero attached hydrogens (tertiary/aromatic N) is 2. The molecule has 0 saturated heterocycles. The largest absolute Gasteiger partial charge is 0.356 e. The molecule has 1 heterocycles. The van der Waals surface area contributed by atoms with Gasteiger partial charge in [-0.1, -0.05) is 18.5 Å². The summed E-state index contributed by atoms with van der Waals surface area (Å²) in [6, 6.07) is 0. The van der Waals surface area contributed by atoms with Crippen molar-refractivity contribution in [3.8, 4) is 0 Å². The lowest BCUT2D eigenvalue weighted by atomic mass is 10.3. The Hall–Kier alpha value is -1.03. The second-order valence-electron chi connectivity index (χ2n) is 3.78. The zero-order valence-electron chi connectivity index (χ0n) is 9.79. The van der Waals surface area contributed by atoms with Crippen LogP contribution in [0, 0.1) is 6.92 Å². The van der Waals surface area contributed by atoms with Crippen molar-refractivity contribution >= 4 is 17.5 Å². The summed E-state index contributed by atoms with van der Waals surface area (Å²) in [6.45, 7) is 5.34. The van der Waals surface area contributed by atoms with Gasteiger partial charge in [-0.2, -0.15) is 5.10 Å². The molecule has 5 heteroatoms. The molecular weight excluding hydrogens is 226 g/mol. The Balaban J connectivity index is 2.18. The fraction of sp³-hybridized carbons (Fsp3) is 0.636. The molecule has 0 aromatic carbocycles. The number of carbonyl (C=O) groups is 1. The van der Waals surface area contributed by atoms with Gasteiger partial charge in [0.2, 0.25) is 5.91 Å². The number of carbonyl (C=O) groups excluding carboxylic acids is 1. The summed E-state index contributed by atoms with van der Waals surface area (Å²) < 4.78 is 1.81. The smallest absolute Gasteiger partial charge is 0.219 e.